The number of amides is 1. The van der Waals surface area contributed by atoms with E-state index in [0.29, 0.717) is 28.0 Å². The Balaban J connectivity index is 1.85. The third-order valence-electron chi connectivity index (χ3n) is 3.16. The summed E-state index contributed by atoms with van der Waals surface area (Å²) in [5.74, 6) is 0.740. The van der Waals surface area contributed by atoms with Crippen molar-refractivity contribution in [1.82, 2.24) is 14.6 Å². The Labute approximate surface area is 136 Å². The zero-order valence-corrected chi connectivity index (χ0v) is 13.2. The van der Waals surface area contributed by atoms with Crippen LogP contribution in [0.2, 0.25) is 5.15 Å². The predicted octanol–water partition coefficient (Wildman–Crippen LogP) is 2.65. The largest absolute Gasteiger partial charge is 0.493 e. The minimum atomic E-state index is -0.362. The van der Waals surface area contributed by atoms with Crippen LogP contribution in [0.1, 0.15) is 10.5 Å². The van der Waals surface area contributed by atoms with Crippen LogP contribution in [-0.2, 0) is 0 Å². The maximum atomic E-state index is 12.3. The lowest BCUT2D eigenvalue weighted by molar-refractivity contribution is 0.102. The quantitative estimate of drug-likeness (QED) is 0.794. The van der Waals surface area contributed by atoms with Crippen LogP contribution >= 0.6 is 11.6 Å². The molecule has 8 heteroatoms. The van der Waals surface area contributed by atoms with Crippen LogP contribution in [0.15, 0.2) is 36.5 Å². The van der Waals surface area contributed by atoms with E-state index < -0.39 is 0 Å². The third-order valence-corrected chi connectivity index (χ3v) is 3.36. The summed E-state index contributed by atoms with van der Waals surface area (Å²) in [5, 5.41) is 7.11. The highest BCUT2D eigenvalue weighted by molar-refractivity contribution is 6.29. The van der Waals surface area contributed by atoms with Crippen LogP contribution < -0.4 is 14.8 Å². The lowest BCUT2D eigenvalue weighted by Gasteiger charge is -2.09. The summed E-state index contributed by atoms with van der Waals surface area (Å²) in [6, 6.07) is 8.38. The van der Waals surface area contributed by atoms with Crippen LogP contribution in [-0.4, -0.2) is 34.7 Å². The minimum absolute atomic E-state index is 0.231. The number of fused-ring (bicyclic) bond motifs is 1. The Morgan fingerprint density at radius 3 is 2.70 bits per heavy atom. The Morgan fingerprint density at radius 1 is 1.17 bits per heavy atom. The van der Waals surface area contributed by atoms with Gasteiger partial charge < -0.3 is 14.8 Å². The third kappa shape index (κ3) is 3.04. The Bertz CT molecular complexity index is 878. The normalized spacial score (nSPS) is 10.6. The molecule has 0 bridgehead atoms. The summed E-state index contributed by atoms with van der Waals surface area (Å²) in [5.41, 5.74) is 1.33. The van der Waals surface area contributed by atoms with Gasteiger partial charge in [0.2, 0.25) is 0 Å². The lowest BCUT2D eigenvalue weighted by Crippen LogP contribution is -2.12. The van der Waals surface area contributed by atoms with Gasteiger partial charge in [-0.2, -0.15) is 5.10 Å². The summed E-state index contributed by atoms with van der Waals surface area (Å²) >= 11 is 5.81. The molecule has 0 saturated carbocycles. The van der Waals surface area contributed by atoms with E-state index in [-0.39, 0.29) is 11.6 Å². The molecule has 1 amide bonds. The second kappa shape index (κ2) is 6.13. The number of benzene rings is 1. The van der Waals surface area contributed by atoms with Crippen molar-refractivity contribution in [2.75, 3.05) is 19.5 Å². The Morgan fingerprint density at radius 2 is 1.96 bits per heavy atom. The van der Waals surface area contributed by atoms with Crippen molar-refractivity contribution in [3.8, 4) is 11.5 Å². The number of hydrogen-bond donors (Lipinski definition) is 1. The molecule has 0 aliphatic heterocycles. The topological polar surface area (TPSA) is 77.8 Å². The fourth-order valence-electron chi connectivity index (χ4n) is 2.08. The molecule has 1 aromatic carbocycles. The highest BCUT2D eigenvalue weighted by Gasteiger charge is 2.13. The van der Waals surface area contributed by atoms with Gasteiger partial charge in [-0.3, -0.25) is 4.79 Å². The van der Waals surface area contributed by atoms with E-state index >= 15 is 0 Å². The highest BCUT2D eigenvalue weighted by atomic mass is 35.5. The molecule has 2 aromatic heterocycles. The van der Waals surface area contributed by atoms with Gasteiger partial charge in [0.05, 0.1) is 20.4 Å². The molecule has 0 radical (unpaired) electrons. The number of imidazole rings is 1. The van der Waals surface area contributed by atoms with E-state index in [1.54, 1.807) is 37.4 Å². The standard InChI is InChI=1S/C15H13ClN4O3/c1-22-11-4-3-9(7-12(11)23-2)17-15(21)10-8-20-14(18-10)6-5-13(16)19-20/h3-8H,1-2H3,(H,17,21). The minimum Gasteiger partial charge on any atom is -0.493 e. The van der Waals surface area contributed by atoms with Crippen LogP contribution in [0.25, 0.3) is 5.65 Å². The summed E-state index contributed by atoms with van der Waals surface area (Å²) in [4.78, 5) is 16.5. The van der Waals surface area contributed by atoms with Gasteiger partial charge in [-0.25, -0.2) is 9.50 Å². The van der Waals surface area contributed by atoms with Crippen molar-refractivity contribution in [2.24, 2.45) is 0 Å². The second-order valence-electron chi connectivity index (χ2n) is 4.61. The fraction of sp³-hybridized carbons (Fsp3) is 0.133. The van der Waals surface area contributed by atoms with Crippen LogP contribution in [0, 0.1) is 0 Å². The van der Waals surface area contributed by atoms with Gasteiger partial charge >= 0.3 is 0 Å². The van der Waals surface area contributed by atoms with E-state index in [2.05, 4.69) is 15.4 Å². The first-order valence-corrected chi connectivity index (χ1v) is 7.04. The first kappa shape index (κ1) is 15.1. The molecule has 0 fully saturated rings. The average molecular weight is 333 g/mol. The summed E-state index contributed by atoms with van der Waals surface area (Å²) in [6.07, 6.45) is 1.51. The van der Waals surface area contributed by atoms with Crippen molar-refractivity contribution in [1.29, 1.82) is 0 Å². The molecule has 2 heterocycles. The average Bonchev–Trinajstić information content (AvgIpc) is 2.97. The number of rotatable bonds is 4. The molecule has 0 aliphatic rings. The molecule has 0 atom stereocenters. The van der Waals surface area contributed by atoms with E-state index in [0.717, 1.165) is 0 Å². The molecule has 23 heavy (non-hydrogen) atoms. The maximum Gasteiger partial charge on any atom is 0.275 e. The molecule has 0 saturated heterocycles. The first-order chi connectivity index (χ1) is 11.1. The molecular formula is C15H13ClN4O3. The van der Waals surface area contributed by atoms with Gasteiger partial charge in [-0.15, -0.1) is 0 Å². The van der Waals surface area contributed by atoms with Crippen molar-refractivity contribution >= 4 is 28.8 Å². The van der Waals surface area contributed by atoms with Gasteiger partial charge in [-0.1, -0.05) is 11.6 Å². The van der Waals surface area contributed by atoms with E-state index in [4.69, 9.17) is 21.1 Å². The SMILES string of the molecule is COc1ccc(NC(=O)c2cn3nc(Cl)ccc3n2)cc1OC. The zero-order chi connectivity index (χ0) is 16.4. The first-order valence-electron chi connectivity index (χ1n) is 6.66. The van der Waals surface area contributed by atoms with Crippen molar-refractivity contribution in [2.45, 2.75) is 0 Å². The molecule has 3 aromatic rings. The number of methoxy groups -OCH3 is 2. The second-order valence-corrected chi connectivity index (χ2v) is 5.00. The monoisotopic (exact) mass is 332 g/mol. The number of halogens is 1. The van der Waals surface area contributed by atoms with Gasteiger partial charge in [0.1, 0.15) is 10.8 Å². The van der Waals surface area contributed by atoms with Crippen LogP contribution in [0.5, 0.6) is 11.5 Å². The molecule has 1 N–H and O–H groups in total. The van der Waals surface area contributed by atoms with Crippen LogP contribution in [0.4, 0.5) is 5.69 Å². The molecule has 118 valence electrons. The highest BCUT2D eigenvalue weighted by Crippen LogP contribution is 2.29. The number of anilines is 1. The van der Waals surface area contributed by atoms with Gasteiger partial charge in [0.15, 0.2) is 17.1 Å². The van der Waals surface area contributed by atoms with E-state index in [9.17, 15) is 4.79 Å². The molecule has 7 nitrogen and oxygen atoms in total. The number of carbonyl (C=O) groups is 1. The number of nitrogens with one attached hydrogen (secondary N) is 1. The number of nitrogens with zero attached hydrogens (tertiary/aromatic N) is 3. The molecule has 0 spiro atoms. The van der Waals surface area contributed by atoms with Gasteiger partial charge in [0.25, 0.3) is 5.91 Å². The summed E-state index contributed by atoms with van der Waals surface area (Å²) in [6.45, 7) is 0. The predicted molar refractivity (Wildman–Crippen MR) is 85.5 cm³/mol. The molecular weight excluding hydrogens is 320 g/mol. The Kier molecular flexibility index (Phi) is 4.03. The number of ether oxygens (including phenoxy) is 2. The zero-order valence-electron chi connectivity index (χ0n) is 12.4. The maximum absolute atomic E-state index is 12.3. The smallest absolute Gasteiger partial charge is 0.275 e. The van der Waals surface area contributed by atoms with Crippen molar-refractivity contribution in [3.63, 3.8) is 0 Å². The number of hydrogen-bond acceptors (Lipinski definition) is 5. The molecule has 3 rings (SSSR count). The Hall–Kier alpha value is -2.80. The van der Waals surface area contributed by atoms with Gasteiger partial charge in [0, 0.05) is 11.8 Å². The van der Waals surface area contributed by atoms with Crippen LogP contribution in [0.3, 0.4) is 0 Å². The van der Waals surface area contributed by atoms with Crippen molar-refractivity contribution < 1.29 is 14.3 Å². The van der Waals surface area contributed by atoms with Gasteiger partial charge in [-0.05, 0) is 24.3 Å². The number of carbonyl (C=O) groups excluding carboxylic acids is 1. The lowest BCUT2D eigenvalue weighted by atomic mass is 10.2. The number of aromatic nitrogens is 3. The molecule has 0 unspecified atom stereocenters. The van der Waals surface area contributed by atoms with Crippen molar-refractivity contribution in [3.05, 3.63) is 47.4 Å². The van der Waals surface area contributed by atoms with E-state index in [1.807, 2.05) is 0 Å². The summed E-state index contributed by atoms with van der Waals surface area (Å²) < 4.78 is 11.8. The molecule has 0 aliphatic carbocycles. The summed E-state index contributed by atoms with van der Waals surface area (Å²) in [7, 11) is 3.08. The van der Waals surface area contributed by atoms with E-state index in [1.165, 1.54) is 17.8 Å². The fourth-order valence-corrected chi connectivity index (χ4v) is 2.22.